The van der Waals surface area contributed by atoms with E-state index in [4.69, 9.17) is 9.84 Å². The Hall–Kier alpha value is -2.29. The highest BCUT2D eigenvalue weighted by Gasteiger charge is 1.99. The lowest BCUT2D eigenvalue weighted by Gasteiger charge is -2.07. The van der Waals surface area contributed by atoms with Gasteiger partial charge in [-0.05, 0) is 49.1 Å². The third-order valence-electron chi connectivity index (χ3n) is 4.51. The molecule has 0 heterocycles. The van der Waals surface area contributed by atoms with Crippen LogP contribution in [0.3, 0.4) is 0 Å². The van der Waals surface area contributed by atoms with Gasteiger partial charge in [0.1, 0.15) is 11.5 Å². The van der Waals surface area contributed by atoms with E-state index < -0.39 is 5.97 Å². The van der Waals surface area contributed by atoms with Crippen LogP contribution in [0.15, 0.2) is 54.6 Å². The number of ether oxygens (including phenoxy) is 1. The molecule has 3 heteroatoms. The number of carbonyl (C=O) groups is 1. The number of carboxylic acids is 1. The predicted octanol–water partition coefficient (Wildman–Crippen LogP) is 6.62. The Kier molecular flexibility index (Phi) is 9.34. The first-order valence-electron chi connectivity index (χ1n) is 9.78. The van der Waals surface area contributed by atoms with Crippen LogP contribution in [0.25, 0.3) is 0 Å². The Morgan fingerprint density at radius 3 is 1.85 bits per heavy atom. The number of unbranched alkanes of at least 4 members (excludes halogenated alkanes) is 7. The second kappa shape index (κ2) is 12.1. The van der Waals surface area contributed by atoms with Crippen molar-refractivity contribution in [3.8, 4) is 11.5 Å². The zero-order chi connectivity index (χ0) is 18.5. The average Bonchev–Trinajstić information content (AvgIpc) is 2.65. The van der Waals surface area contributed by atoms with Crippen molar-refractivity contribution in [2.45, 2.75) is 64.2 Å². The first-order chi connectivity index (χ1) is 12.7. The molecule has 140 valence electrons. The molecule has 0 aliphatic rings. The summed E-state index contributed by atoms with van der Waals surface area (Å²) in [5.74, 6) is 1.07. The topological polar surface area (TPSA) is 46.5 Å². The number of hydrogen-bond donors (Lipinski definition) is 1. The van der Waals surface area contributed by atoms with E-state index in [0.717, 1.165) is 37.2 Å². The van der Waals surface area contributed by atoms with E-state index in [9.17, 15) is 4.79 Å². The van der Waals surface area contributed by atoms with Crippen LogP contribution >= 0.6 is 0 Å². The zero-order valence-corrected chi connectivity index (χ0v) is 15.5. The quantitative estimate of drug-likeness (QED) is 0.411. The molecule has 2 rings (SSSR count). The highest BCUT2D eigenvalue weighted by molar-refractivity contribution is 5.66. The zero-order valence-electron chi connectivity index (χ0n) is 15.5. The van der Waals surface area contributed by atoms with Gasteiger partial charge in [-0.15, -0.1) is 0 Å². The van der Waals surface area contributed by atoms with E-state index >= 15 is 0 Å². The van der Waals surface area contributed by atoms with Crippen LogP contribution in [0.2, 0.25) is 0 Å². The molecule has 2 aromatic carbocycles. The molecule has 0 aliphatic carbocycles. The summed E-state index contributed by atoms with van der Waals surface area (Å²) < 4.78 is 5.81. The van der Waals surface area contributed by atoms with Crippen LogP contribution in [0.4, 0.5) is 0 Å². The van der Waals surface area contributed by atoms with Gasteiger partial charge in [-0.2, -0.15) is 0 Å². The number of aryl methyl sites for hydroxylation is 1. The van der Waals surface area contributed by atoms with E-state index in [1.165, 1.54) is 37.7 Å². The molecule has 0 aliphatic heterocycles. The van der Waals surface area contributed by atoms with Crippen molar-refractivity contribution in [1.82, 2.24) is 0 Å². The Morgan fingerprint density at radius 2 is 1.23 bits per heavy atom. The molecule has 26 heavy (non-hydrogen) atoms. The SMILES string of the molecule is O=C(O)CCCCCCCCCCc1ccc(Oc2ccccc2)cc1. The van der Waals surface area contributed by atoms with Gasteiger partial charge in [0.2, 0.25) is 0 Å². The summed E-state index contributed by atoms with van der Waals surface area (Å²) in [5.41, 5.74) is 1.36. The summed E-state index contributed by atoms with van der Waals surface area (Å²) >= 11 is 0. The molecule has 0 saturated heterocycles. The molecule has 0 aromatic heterocycles. The van der Waals surface area contributed by atoms with Gasteiger partial charge in [-0.1, -0.05) is 68.9 Å². The fraction of sp³-hybridized carbons (Fsp3) is 0.435. The van der Waals surface area contributed by atoms with Gasteiger partial charge in [0, 0.05) is 6.42 Å². The summed E-state index contributed by atoms with van der Waals surface area (Å²) in [6.45, 7) is 0. The lowest BCUT2D eigenvalue weighted by atomic mass is 10.0. The lowest BCUT2D eigenvalue weighted by molar-refractivity contribution is -0.137. The molecule has 0 unspecified atom stereocenters. The van der Waals surface area contributed by atoms with E-state index in [-0.39, 0.29) is 0 Å². The van der Waals surface area contributed by atoms with E-state index in [2.05, 4.69) is 12.1 Å². The summed E-state index contributed by atoms with van der Waals surface area (Å²) in [5, 5.41) is 8.58. The van der Waals surface area contributed by atoms with Crippen LogP contribution in [0.1, 0.15) is 63.4 Å². The highest BCUT2D eigenvalue weighted by atomic mass is 16.5. The Morgan fingerprint density at radius 1 is 0.692 bits per heavy atom. The van der Waals surface area contributed by atoms with Crippen LogP contribution in [0, 0.1) is 0 Å². The fourth-order valence-electron chi connectivity index (χ4n) is 3.01. The number of rotatable bonds is 13. The molecule has 0 amide bonds. The molecular weight excluding hydrogens is 324 g/mol. The maximum absolute atomic E-state index is 10.4. The van der Waals surface area contributed by atoms with Crippen molar-refractivity contribution in [2.24, 2.45) is 0 Å². The monoisotopic (exact) mass is 354 g/mol. The highest BCUT2D eigenvalue weighted by Crippen LogP contribution is 2.21. The summed E-state index contributed by atoms with van der Waals surface area (Å²) in [7, 11) is 0. The first-order valence-corrected chi connectivity index (χ1v) is 9.78. The largest absolute Gasteiger partial charge is 0.481 e. The van der Waals surface area contributed by atoms with Crippen molar-refractivity contribution in [1.29, 1.82) is 0 Å². The van der Waals surface area contributed by atoms with Gasteiger partial charge >= 0.3 is 5.97 Å². The number of aliphatic carboxylic acids is 1. The second-order valence-electron chi connectivity index (χ2n) is 6.78. The molecule has 0 radical (unpaired) electrons. The molecule has 0 saturated carbocycles. The van der Waals surface area contributed by atoms with Crippen molar-refractivity contribution >= 4 is 5.97 Å². The molecule has 2 aromatic rings. The van der Waals surface area contributed by atoms with E-state index in [1.807, 2.05) is 42.5 Å². The second-order valence-corrected chi connectivity index (χ2v) is 6.78. The van der Waals surface area contributed by atoms with Crippen LogP contribution in [-0.4, -0.2) is 11.1 Å². The van der Waals surface area contributed by atoms with Crippen molar-refractivity contribution < 1.29 is 14.6 Å². The number of hydrogen-bond acceptors (Lipinski definition) is 2. The van der Waals surface area contributed by atoms with Crippen molar-refractivity contribution in [3.05, 3.63) is 60.2 Å². The van der Waals surface area contributed by atoms with Gasteiger partial charge in [0.25, 0.3) is 0 Å². The number of benzene rings is 2. The Balaban J connectivity index is 1.51. The standard InChI is InChI=1S/C23H30O3/c24-23(25)15-11-6-4-2-1-3-5-8-12-20-16-18-22(19-17-20)26-21-13-9-7-10-14-21/h7,9-10,13-14,16-19H,1-6,8,11-12,15H2,(H,24,25). The summed E-state index contributed by atoms with van der Waals surface area (Å²) in [4.78, 5) is 10.4. The molecule has 1 N–H and O–H groups in total. The molecule has 0 atom stereocenters. The third kappa shape index (κ3) is 8.70. The minimum atomic E-state index is -0.676. The fourth-order valence-corrected chi connectivity index (χ4v) is 3.01. The number of para-hydroxylation sites is 1. The molecule has 0 fully saturated rings. The first kappa shape index (κ1) is 20.0. The van der Waals surface area contributed by atoms with Gasteiger partial charge in [-0.3, -0.25) is 4.79 Å². The van der Waals surface area contributed by atoms with Crippen LogP contribution < -0.4 is 4.74 Å². The van der Waals surface area contributed by atoms with Crippen LogP contribution in [0.5, 0.6) is 11.5 Å². The average molecular weight is 354 g/mol. The van der Waals surface area contributed by atoms with E-state index in [1.54, 1.807) is 0 Å². The van der Waals surface area contributed by atoms with Gasteiger partial charge in [0.15, 0.2) is 0 Å². The van der Waals surface area contributed by atoms with Gasteiger partial charge in [0.05, 0.1) is 0 Å². The maximum atomic E-state index is 10.4. The van der Waals surface area contributed by atoms with Gasteiger partial charge < -0.3 is 9.84 Å². The predicted molar refractivity (Wildman–Crippen MR) is 106 cm³/mol. The summed E-state index contributed by atoms with van der Waals surface area (Å²) in [6.07, 6.45) is 10.7. The number of carboxylic acid groups (broad SMARTS) is 1. The normalized spacial score (nSPS) is 10.6. The lowest BCUT2D eigenvalue weighted by Crippen LogP contribution is -1.93. The smallest absolute Gasteiger partial charge is 0.303 e. The maximum Gasteiger partial charge on any atom is 0.303 e. The minimum Gasteiger partial charge on any atom is -0.481 e. The molecular formula is C23H30O3. The summed E-state index contributed by atoms with van der Waals surface area (Å²) in [6, 6.07) is 18.2. The van der Waals surface area contributed by atoms with E-state index in [0.29, 0.717) is 6.42 Å². The van der Waals surface area contributed by atoms with Crippen molar-refractivity contribution in [3.63, 3.8) is 0 Å². The third-order valence-corrected chi connectivity index (χ3v) is 4.51. The van der Waals surface area contributed by atoms with Gasteiger partial charge in [-0.25, -0.2) is 0 Å². The Labute approximate surface area is 157 Å². The molecule has 0 bridgehead atoms. The minimum absolute atomic E-state index is 0.315. The molecule has 3 nitrogen and oxygen atoms in total. The molecule has 0 spiro atoms. The van der Waals surface area contributed by atoms with Crippen molar-refractivity contribution in [2.75, 3.05) is 0 Å². The van der Waals surface area contributed by atoms with Crippen LogP contribution in [-0.2, 0) is 11.2 Å². The Bertz CT molecular complexity index is 620.